The van der Waals surface area contributed by atoms with Crippen LogP contribution in [0.1, 0.15) is 0 Å². The molecule has 0 saturated heterocycles. The van der Waals surface area contributed by atoms with Gasteiger partial charge in [0.15, 0.2) is 0 Å². The van der Waals surface area contributed by atoms with Crippen LogP contribution in [-0.4, -0.2) is 5.34 Å². The quantitative estimate of drug-likeness (QED) is 0.0980. The van der Waals surface area contributed by atoms with Crippen molar-refractivity contribution in [2.24, 2.45) is 0 Å². The summed E-state index contributed by atoms with van der Waals surface area (Å²) in [5, 5.41) is 17.3. The molecule has 0 fully saturated rings. The van der Waals surface area contributed by atoms with Crippen molar-refractivity contribution in [2.75, 3.05) is 5.34 Å². The summed E-state index contributed by atoms with van der Waals surface area (Å²) in [5.41, 5.74) is 8.54. The Morgan fingerprint density at radius 1 is 0.328 bits per heavy atom. The van der Waals surface area contributed by atoms with Gasteiger partial charge in [-0.05, 0) is 113 Å². The Balaban J connectivity index is 0.000000138. The molecule has 2 aromatic heterocycles. The molecule has 0 bridgehead atoms. The zero-order valence-electron chi connectivity index (χ0n) is 35.0. The second kappa shape index (κ2) is 20.1. The predicted octanol–water partition coefficient (Wildman–Crippen LogP) is 21.3. The van der Waals surface area contributed by atoms with Crippen LogP contribution in [0, 0.1) is 0 Å². The average molecular weight is 1140 g/mol. The Hall–Kier alpha value is -4.75. The van der Waals surface area contributed by atoms with Crippen molar-refractivity contribution < 1.29 is 20.0 Å². The molecule has 67 heavy (non-hydrogen) atoms. The fourth-order valence-electron chi connectivity index (χ4n) is 9.36. The number of halogens is 7. The van der Waals surface area contributed by atoms with E-state index >= 15 is 0 Å². The van der Waals surface area contributed by atoms with E-state index in [1.54, 1.807) is 0 Å². The third kappa shape index (κ3) is 8.92. The molecule has 11 aromatic carbocycles. The molecule has 13 aromatic rings. The summed E-state index contributed by atoms with van der Waals surface area (Å²) in [4.78, 5) is 0. The van der Waals surface area contributed by atoms with Crippen molar-refractivity contribution in [3.8, 4) is 22.3 Å². The van der Waals surface area contributed by atoms with Gasteiger partial charge >= 0.3 is 41.5 Å². The SMILES string of the molecule is Brc1cc2oc3cc4c5ccccc5c5ccccc5c4cc3c2c2ccccc12.Brc1cc2oc3ccc(-c4ccccc4-c4ccccc4)cc3c2c2ccccc12.ClCCl.[Cl][Fe]([Cl])[Cl]. The van der Waals surface area contributed by atoms with E-state index in [2.05, 4.69) is 226 Å². The van der Waals surface area contributed by atoms with Crippen LogP contribution in [-0.2, 0) is 11.2 Å². The maximum atomic E-state index is 6.38. The molecule has 0 aliphatic heterocycles. The molecule has 331 valence electrons. The van der Waals surface area contributed by atoms with E-state index in [4.69, 9.17) is 62.3 Å². The number of furan rings is 2. The second-order valence-corrected chi connectivity index (χ2v) is 23.6. The number of benzene rings is 11. The van der Waals surface area contributed by atoms with Crippen LogP contribution < -0.4 is 0 Å². The number of hydrogen-bond donors (Lipinski definition) is 0. The van der Waals surface area contributed by atoms with E-state index in [0.29, 0.717) is 0 Å². The van der Waals surface area contributed by atoms with Gasteiger partial charge in [0.05, 0.1) is 5.34 Å². The van der Waals surface area contributed by atoms with Crippen molar-refractivity contribution in [2.45, 2.75) is 0 Å². The van der Waals surface area contributed by atoms with Crippen molar-refractivity contribution >= 4 is 183 Å². The predicted molar refractivity (Wildman–Crippen MR) is 295 cm³/mol. The van der Waals surface area contributed by atoms with Crippen molar-refractivity contribution in [3.05, 3.63) is 203 Å². The minimum absolute atomic E-state index is 0.194. The average Bonchev–Trinajstić information content (AvgIpc) is 3.91. The third-order valence-electron chi connectivity index (χ3n) is 12.0. The molecule has 0 atom stereocenters. The van der Waals surface area contributed by atoms with Gasteiger partial charge in [-0.3, -0.25) is 0 Å². The Morgan fingerprint density at radius 2 is 0.701 bits per heavy atom. The first-order valence-electron chi connectivity index (χ1n) is 21.0. The molecule has 0 aliphatic carbocycles. The zero-order chi connectivity index (χ0) is 46.2. The van der Waals surface area contributed by atoms with Gasteiger partial charge in [0.2, 0.25) is 0 Å². The first-order valence-corrected chi connectivity index (χ1v) is 28.2. The Kier molecular flexibility index (Phi) is 13.8. The number of hydrogen-bond acceptors (Lipinski definition) is 2. The third-order valence-corrected chi connectivity index (χ3v) is 13.4. The van der Waals surface area contributed by atoms with Gasteiger partial charge in [0.25, 0.3) is 0 Å². The van der Waals surface area contributed by atoms with E-state index in [9.17, 15) is 0 Å². The summed E-state index contributed by atoms with van der Waals surface area (Å²) in [6.45, 7) is 0. The fourth-order valence-corrected chi connectivity index (χ4v) is 10.5. The summed E-state index contributed by atoms with van der Waals surface area (Å²) in [7, 11) is 14.7. The topological polar surface area (TPSA) is 26.3 Å². The first-order chi connectivity index (χ1) is 32.7. The fraction of sp³-hybridized carbons (Fsp3) is 0.0175. The molecule has 2 heterocycles. The molecule has 2 nitrogen and oxygen atoms in total. The molecule has 0 saturated carbocycles. The standard InChI is InChI=1S/C28H15BrO.C28H17BrO.CH2Cl2.3ClH.Fe/c29-25-15-27-28(21-12-6-5-11-20(21)25)24-13-22-18-9-3-1-7-16(18)17-8-2-4-10-19(17)23(22)14-26(24)30-27;29-25-17-27-28(23-13-7-6-12-22(23)25)24-16-19(14-15-26(24)30-27)21-11-5-4-10-20(21)18-8-2-1-3-9-18;2-1-3;;;;/h1-15H;1-17H;1H2;3*1H;/q;;;;;;+3/p-3. The number of alkyl halides is 2. The Labute approximate surface area is 429 Å². The second-order valence-electron chi connectivity index (χ2n) is 15.6. The summed E-state index contributed by atoms with van der Waals surface area (Å²) in [5.74, 6) is 0. The van der Waals surface area contributed by atoms with Crippen LogP contribution in [0.15, 0.2) is 212 Å². The van der Waals surface area contributed by atoms with Crippen LogP contribution >= 0.6 is 85.4 Å². The van der Waals surface area contributed by atoms with Crippen LogP contribution in [0.25, 0.3) is 120 Å². The summed E-state index contributed by atoms with van der Waals surface area (Å²) in [6, 6.07) is 68.7. The molecule has 0 unspecified atom stereocenters. The van der Waals surface area contributed by atoms with E-state index < -0.39 is 11.2 Å². The monoisotopic (exact) mass is 1140 g/mol. The molecule has 0 aliphatic rings. The van der Waals surface area contributed by atoms with E-state index in [1.807, 2.05) is 0 Å². The molecule has 0 radical (unpaired) electrons. The van der Waals surface area contributed by atoms with Crippen molar-refractivity contribution in [3.63, 3.8) is 0 Å². The van der Waals surface area contributed by atoms with Crippen LogP contribution in [0.4, 0.5) is 0 Å². The van der Waals surface area contributed by atoms with E-state index in [0.717, 1.165) is 36.7 Å². The Bertz CT molecular complexity index is 3960. The van der Waals surface area contributed by atoms with Gasteiger partial charge in [-0.2, -0.15) is 0 Å². The summed E-state index contributed by atoms with van der Waals surface area (Å²) in [6.07, 6.45) is 0. The van der Waals surface area contributed by atoms with Crippen LogP contribution in [0.2, 0.25) is 0 Å². The van der Waals surface area contributed by atoms with Gasteiger partial charge in [-0.1, -0.05) is 190 Å². The van der Waals surface area contributed by atoms with E-state index in [1.165, 1.54) is 92.3 Å². The van der Waals surface area contributed by atoms with Gasteiger partial charge in [0, 0.05) is 30.5 Å². The number of fused-ring (bicyclic) bond motifs is 16. The molecule has 0 spiro atoms. The molecule has 13 rings (SSSR count). The molecular formula is C57H34Br2Cl5FeO2. The first kappa shape index (κ1) is 46.0. The maximum absolute atomic E-state index is 6.38. The van der Waals surface area contributed by atoms with Gasteiger partial charge < -0.3 is 8.83 Å². The summed E-state index contributed by atoms with van der Waals surface area (Å²) < 4.78 is 14.7. The van der Waals surface area contributed by atoms with Gasteiger partial charge in [-0.25, -0.2) is 0 Å². The van der Waals surface area contributed by atoms with Crippen LogP contribution in [0.5, 0.6) is 0 Å². The number of rotatable bonds is 2. The zero-order valence-corrected chi connectivity index (χ0v) is 43.1. The van der Waals surface area contributed by atoms with Gasteiger partial charge in [-0.15, -0.1) is 23.2 Å². The Morgan fingerprint density at radius 3 is 1.21 bits per heavy atom. The summed E-state index contributed by atoms with van der Waals surface area (Å²) >= 11 is 15.6. The molecule has 0 amide bonds. The molecule has 0 N–H and O–H groups in total. The van der Waals surface area contributed by atoms with Crippen LogP contribution in [0.3, 0.4) is 0 Å². The van der Waals surface area contributed by atoms with E-state index in [-0.39, 0.29) is 5.34 Å². The van der Waals surface area contributed by atoms with Crippen molar-refractivity contribution in [1.82, 2.24) is 0 Å². The van der Waals surface area contributed by atoms with Crippen molar-refractivity contribution in [1.29, 1.82) is 0 Å². The molecule has 10 heteroatoms. The normalized spacial score (nSPS) is 11.5. The minimum atomic E-state index is -1.33. The van der Waals surface area contributed by atoms with Gasteiger partial charge in [0.1, 0.15) is 22.3 Å². The molecular weight excluding hydrogens is 1110 g/mol.